The first kappa shape index (κ1) is 21.5. The molecule has 0 radical (unpaired) electrons. The number of rotatable bonds is 6. The summed E-state index contributed by atoms with van der Waals surface area (Å²) >= 11 is 7.88. The van der Waals surface area contributed by atoms with Crippen LogP contribution in [0.2, 0.25) is 5.02 Å². The second-order valence-corrected chi connectivity index (χ2v) is 8.67. The first-order chi connectivity index (χ1) is 13.9. The van der Waals surface area contributed by atoms with Gasteiger partial charge in [-0.05, 0) is 42.5 Å². The minimum absolute atomic E-state index is 0.0428. The molecule has 1 heterocycles. The van der Waals surface area contributed by atoms with Gasteiger partial charge in [-0.1, -0.05) is 43.6 Å². The zero-order valence-electron chi connectivity index (χ0n) is 16.7. The summed E-state index contributed by atoms with van der Waals surface area (Å²) in [5, 5.41) is 3.42. The molecule has 3 rings (SSSR count). The third-order valence-electron chi connectivity index (χ3n) is 4.79. The van der Waals surface area contributed by atoms with E-state index < -0.39 is 12.1 Å². The molecule has 0 saturated carbocycles. The van der Waals surface area contributed by atoms with Gasteiger partial charge in [0.05, 0.1) is 0 Å². The van der Waals surface area contributed by atoms with E-state index in [1.54, 1.807) is 34.9 Å². The highest BCUT2D eigenvalue weighted by Gasteiger charge is 2.41. The molecule has 29 heavy (non-hydrogen) atoms. The van der Waals surface area contributed by atoms with Gasteiger partial charge in [0.1, 0.15) is 11.8 Å². The van der Waals surface area contributed by atoms with E-state index in [1.807, 2.05) is 50.4 Å². The van der Waals surface area contributed by atoms with Crippen LogP contribution < -0.4 is 10.1 Å². The summed E-state index contributed by atoms with van der Waals surface area (Å²) < 4.78 is 6.09. The lowest BCUT2D eigenvalue weighted by Gasteiger charge is -2.31. The largest absolute Gasteiger partial charge is 0.480 e. The third kappa shape index (κ3) is 4.87. The molecule has 1 aliphatic heterocycles. The maximum Gasteiger partial charge on any atom is 0.264 e. The summed E-state index contributed by atoms with van der Waals surface area (Å²) in [6.45, 7) is 4.32. The lowest BCUT2D eigenvalue weighted by molar-refractivity contribution is -0.145. The number of ether oxygens (including phenoxy) is 1. The number of nitrogens with zero attached hydrogens (tertiary/aromatic N) is 1. The summed E-state index contributed by atoms with van der Waals surface area (Å²) in [5.74, 6) is 0.707. The van der Waals surface area contributed by atoms with E-state index in [-0.39, 0.29) is 17.7 Å². The van der Waals surface area contributed by atoms with Crippen LogP contribution in [0.1, 0.15) is 25.5 Å². The molecule has 0 aromatic heterocycles. The van der Waals surface area contributed by atoms with Crippen molar-refractivity contribution in [3.8, 4) is 5.75 Å². The molecule has 5 nitrogen and oxygen atoms in total. The zero-order valence-corrected chi connectivity index (χ0v) is 18.3. The standard InChI is InChI=1S/C22H25ClN2O3S/c1-14(2)20-22(27)25(11-12-29-3)19(17-13-15(23)9-10-18(17)28-20)21(26)24-16-7-5-4-6-8-16/h4-10,13-14,19-20H,11-12H2,1-3H3,(H,24,26). The van der Waals surface area contributed by atoms with Gasteiger partial charge in [0.15, 0.2) is 6.10 Å². The monoisotopic (exact) mass is 432 g/mol. The fraction of sp³-hybridized carbons (Fsp3) is 0.364. The van der Waals surface area contributed by atoms with Crippen LogP contribution >= 0.6 is 23.4 Å². The third-order valence-corrected chi connectivity index (χ3v) is 5.62. The lowest BCUT2D eigenvalue weighted by atomic mass is 10.0. The normalized spacial score (nSPS) is 18.8. The predicted molar refractivity (Wildman–Crippen MR) is 119 cm³/mol. The number of fused-ring (bicyclic) bond motifs is 1. The second-order valence-electron chi connectivity index (χ2n) is 7.25. The van der Waals surface area contributed by atoms with E-state index in [2.05, 4.69) is 5.32 Å². The highest BCUT2D eigenvalue weighted by Crippen LogP contribution is 2.38. The molecule has 0 fully saturated rings. The Bertz CT molecular complexity index is 876. The number of carbonyl (C=O) groups excluding carboxylic acids is 2. The number of benzene rings is 2. The Kier molecular flexibility index (Phi) is 7.09. The highest BCUT2D eigenvalue weighted by atomic mass is 35.5. The molecule has 0 saturated heterocycles. The number of halogens is 1. The molecule has 2 aromatic carbocycles. The van der Waals surface area contributed by atoms with Gasteiger partial charge in [-0.25, -0.2) is 0 Å². The van der Waals surface area contributed by atoms with Crippen molar-refractivity contribution in [3.63, 3.8) is 0 Å². The number of hydrogen-bond acceptors (Lipinski definition) is 4. The average Bonchev–Trinajstić information content (AvgIpc) is 2.81. The van der Waals surface area contributed by atoms with Crippen LogP contribution in [0.25, 0.3) is 0 Å². The van der Waals surface area contributed by atoms with Crippen molar-refractivity contribution in [2.75, 3.05) is 23.9 Å². The molecule has 0 bridgehead atoms. The smallest absolute Gasteiger partial charge is 0.264 e. The summed E-state index contributed by atoms with van der Waals surface area (Å²) in [5.41, 5.74) is 1.27. The molecule has 2 amide bonds. The van der Waals surface area contributed by atoms with Gasteiger partial charge >= 0.3 is 0 Å². The highest BCUT2D eigenvalue weighted by molar-refractivity contribution is 7.98. The van der Waals surface area contributed by atoms with Crippen LogP contribution in [-0.2, 0) is 9.59 Å². The summed E-state index contributed by atoms with van der Waals surface area (Å²) in [4.78, 5) is 28.4. The zero-order chi connectivity index (χ0) is 21.0. The number of para-hydroxylation sites is 1. The van der Waals surface area contributed by atoms with E-state index in [1.165, 1.54) is 0 Å². The predicted octanol–water partition coefficient (Wildman–Crippen LogP) is 4.63. The lowest BCUT2D eigenvalue weighted by Crippen LogP contribution is -2.47. The Labute approximate surface area is 180 Å². The molecule has 2 unspecified atom stereocenters. The quantitative estimate of drug-likeness (QED) is 0.723. The number of carbonyl (C=O) groups is 2. The Balaban J connectivity index is 2.08. The Morgan fingerprint density at radius 2 is 1.97 bits per heavy atom. The second kappa shape index (κ2) is 9.55. The van der Waals surface area contributed by atoms with Crippen LogP contribution in [-0.4, -0.2) is 41.4 Å². The van der Waals surface area contributed by atoms with E-state index >= 15 is 0 Å². The fourth-order valence-corrected chi connectivity index (χ4v) is 3.91. The topological polar surface area (TPSA) is 58.6 Å². The number of anilines is 1. The van der Waals surface area contributed by atoms with Gasteiger partial charge in [-0.15, -0.1) is 0 Å². The van der Waals surface area contributed by atoms with Gasteiger partial charge in [0, 0.05) is 28.6 Å². The fourth-order valence-electron chi connectivity index (χ4n) is 3.35. The van der Waals surface area contributed by atoms with Crippen molar-refractivity contribution in [1.82, 2.24) is 4.90 Å². The first-order valence-electron chi connectivity index (χ1n) is 9.53. The summed E-state index contributed by atoms with van der Waals surface area (Å²) in [7, 11) is 0. The van der Waals surface area contributed by atoms with E-state index in [4.69, 9.17) is 16.3 Å². The van der Waals surface area contributed by atoms with Crippen molar-refractivity contribution >= 4 is 40.9 Å². The van der Waals surface area contributed by atoms with Gasteiger partial charge in [-0.3, -0.25) is 9.59 Å². The molecule has 154 valence electrons. The molecule has 0 aliphatic carbocycles. The van der Waals surface area contributed by atoms with Crippen LogP contribution in [0.4, 0.5) is 5.69 Å². The molecule has 1 aliphatic rings. The van der Waals surface area contributed by atoms with Crippen molar-refractivity contribution < 1.29 is 14.3 Å². The van der Waals surface area contributed by atoms with Crippen LogP contribution in [0.5, 0.6) is 5.75 Å². The SMILES string of the molecule is CSCCN1C(=O)C(C(C)C)Oc2ccc(Cl)cc2C1C(=O)Nc1ccccc1. The van der Waals surface area contributed by atoms with Crippen LogP contribution in [0, 0.1) is 5.92 Å². The number of thioether (sulfide) groups is 1. The first-order valence-corrected chi connectivity index (χ1v) is 11.3. The van der Waals surface area contributed by atoms with Crippen molar-refractivity contribution in [2.45, 2.75) is 26.0 Å². The van der Waals surface area contributed by atoms with E-state index in [0.29, 0.717) is 34.3 Å². The molecular weight excluding hydrogens is 408 g/mol. The minimum atomic E-state index is -0.827. The van der Waals surface area contributed by atoms with E-state index in [9.17, 15) is 9.59 Å². The number of amides is 2. The number of hydrogen-bond donors (Lipinski definition) is 1. The van der Waals surface area contributed by atoms with Crippen LogP contribution in [0.3, 0.4) is 0 Å². The van der Waals surface area contributed by atoms with Gasteiger partial charge in [0.25, 0.3) is 11.8 Å². The molecular formula is C22H25ClN2O3S. The Hall–Kier alpha value is -2.18. The molecule has 1 N–H and O–H groups in total. The van der Waals surface area contributed by atoms with Crippen LogP contribution in [0.15, 0.2) is 48.5 Å². The Morgan fingerprint density at radius 3 is 2.62 bits per heavy atom. The summed E-state index contributed by atoms with van der Waals surface area (Å²) in [6.07, 6.45) is 1.31. The minimum Gasteiger partial charge on any atom is -0.480 e. The maximum absolute atomic E-state index is 13.4. The number of nitrogens with one attached hydrogen (secondary N) is 1. The maximum atomic E-state index is 13.4. The van der Waals surface area contributed by atoms with Crippen molar-refractivity contribution in [2.24, 2.45) is 5.92 Å². The van der Waals surface area contributed by atoms with Gasteiger partial charge in [0.2, 0.25) is 0 Å². The van der Waals surface area contributed by atoms with Crippen molar-refractivity contribution in [1.29, 1.82) is 0 Å². The molecule has 7 heteroatoms. The molecule has 2 atom stereocenters. The average molecular weight is 433 g/mol. The summed E-state index contributed by atoms with van der Waals surface area (Å²) in [6, 6.07) is 13.5. The molecule has 0 spiro atoms. The molecule has 2 aromatic rings. The van der Waals surface area contributed by atoms with Gasteiger partial charge < -0.3 is 15.0 Å². The van der Waals surface area contributed by atoms with E-state index in [0.717, 1.165) is 0 Å². The van der Waals surface area contributed by atoms with Gasteiger partial charge in [-0.2, -0.15) is 11.8 Å². The van der Waals surface area contributed by atoms with Crippen molar-refractivity contribution in [3.05, 3.63) is 59.1 Å². The Morgan fingerprint density at radius 1 is 1.24 bits per heavy atom.